The van der Waals surface area contributed by atoms with Gasteiger partial charge in [0.2, 0.25) is 5.75 Å². The van der Waals surface area contributed by atoms with Gasteiger partial charge in [0.1, 0.15) is 13.2 Å². The summed E-state index contributed by atoms with van der Waals surface area (Å²) in [6, 6.07) is 9.40. The molecule has 2 aromatic carbocycles. The van der Waals surface area contributed by atoms with Crippen molar-refractivity contribution in [3.8, 4) is 17.2 Å². The van der Waals surface area contributed by atoms with Crippen LogP contribution in [0, 0.1) is 0 Å². The number of hydrogen-bond donors (Lipinski definition) is 1. The van der Waals surface area contributed by atoms with Gasteiger partial charge in [-0.3, -0.25) is 4.79 Å². The van der Waals surface area contributed by atoms with Crippen LogP contribution < -0.4 is 19.5 Å². The van der Waals surface area contributed by atoms with Crippen molar-refractivity contribution in [1.29, 1.82) is 0 Å². The number of carbonyl (C=O) groups is 2. The molecule has 1 heterocycles. The van der Waals surface area contributed by atoms with E-state index in [0.29, 0.717) is 41.7 Å². The minimum atomic E-state index is -0.930. The van der Waals surface area contributed by atoms with Crippen LogP contribution in [0.1, 0.15) is 30.0 Å². The molecule has 0 aromatic heterocycles. The first-order valence-corrected chi connectivity index (χ1v) is 10.3. The summed E-state index contributed by atoms with van der Waals surface area (Å²) in [5, 5.41) is 2.81. The third-order valence-electron chi connectivity index (χ3n) is 5.29. The lowest BCUT2D eigenvalue weighted by Crippen LogP contribution is -2.29. The molecule has 0 fully saturated rings. The van der Waals surface area contributed by atoms with E-state index in [-0.39, 0.29) is 5.91 Å². The number of nitrogens with one attached hydrogen (secondary N) is 1. The summed E-state index contributed by atoms with van der Waals surface area (Å²) in [4.78, 5) is 24.6. The highest BCUT2D eigenvalue weighted by molar-refractivity contribution is 5.96. The molecule has 1 aliphatic carbocycles. The van der Waals surface area contributed by atoms with Gasteiger partial charge in [-0.15, -0.1) is 0 Å². The molecule has 1 atom stereocenters. The van der Waals surface area contributed by atoms with Crippen LogP contribution in [0.2, 0.25) is 0 Å². The van der Waals surface area contributed by atoms with Crippen molar-refractivity contribution in [2.75, 3.05) is 25.6 Å². The number of fused-ring (bicyclic) bond motifs is 2. The minimum Gasteiger partial charge on any atom is -0.493 e. The Morgan fingerprint density at radius 1 is 1.10 bits per heavy atom. The molecular weight excluding hydrogens is 398 g/mol. The van der Waals surface area contributed by atoms with Gasteiger partial charge in [0, 0.05) is 11.8 Å². The number of carbonyl (C=O) groups excluding carboxylic acids is 2. The van der Waals surface area contributed by atoms with Crippen molar-refractivity contribution in [3.63, 3.8) is 0 Å². The standard InChI is InChI=1S/C24H25NO6/c1-15(24(27)25-19-8-7-17-4-3-5-18(17)14-19)31-22(26)9-6-16-12-20(28-2)23-21(13-16)29-10-11-30-23/h6-9,12-15H,3-5,10-11H2,1-2H3,(H,25,27)/b9-6+/t15-/m1/s1. The summed E-state index contributed by atoms with van der Waals surface area (Å²) in [5.41, 5.74) is 4.00. The SMILES string of the molecule is COc1cc(/C=C/C(=O)O[C@H](C)C(=O)Nc2ccc3c(c2)CCC3)cc2c1OCCO2. The van der Waals surface area contributed by atoms with Crippen molar-refractivity contribution >= 4 is 23.6 Å². The van der Waals surface area contributed by atoms with E-state index < -0.39 is 12.1 Å². The molecule has 7 nitrogen and oxygen atoms in total. The Morgan fingerprint density at radius 2 is 1.90 bits per heavy atom. The first-order valence-electron chi connectivity index (χ1n) is 10.3. The van der Waals surface area contributed by atoms with Gasteiger partial charge >= 0.3 is 5.97 Å². The Labute approximate surface area is 180 Å². The maximum absolute atomic E-state index is 12.4. The van der Waals surface area contributed by atoms with Crippen molar-refractivity contribution in [3.05, 3.63) is 53.1 Å². The fourth-order valence-electron chi connectivity index (χ4n) is 3.71. The average Bonchev–Trinajstić information content (AvgIpc) is 3.25. The molecule has 1 amide bonds. The summed E-state index contributed by atoms with van der Waals surface area (Å²) in [6.07, 6.45) is 5.17. The van der Waals surface area contributed by atoms with Gasteiger partial charge in [-0.05, 0) is 73.2 Å². The molecule has 31 heavy (non-hydrogen) atoms. The molecule has 0 radical (unpaired) electrons. The summed E-state index contributed by atoms with van der Waals surface area (Å²) in [7, 11) is 1.54. The van der Waals surface area contributed by atoms with Crippen LogP contribution in [0.25, 0.3) is 6.08 Å². The predicted octanol–water partition coefficient (Wildman–Crippen LogP) is 3.54. The lowest BCUT2D eigenvalue weighted by molar-refractivity contribution is -0.148. The van der Waals surface area contributed by atoms with E-state index in [1.807, 2.05) is 18.2 Å². The fraction of sp³-hybridized carbons (Fsp3) is 0.333. The van der Waals surface area contributed by atoms with Gasteiger partial charge in [0.05, 0.1) is 7.11 Å². The number of amides is 1. The number of methoxy groups -OCH3 is 1. The summed E-state index contributed by atoms with van der Waals surface area (Å²) < 4.78 is 21.7. The molecule has 0 spiro atoms. The average molecular weight is 423 g/mol. The zero-order chi connectivity index (χ0) is 21.8. The maximum atomic E-state index is 12.4. The highest BCUT2D eigenvalue weighted by Crippen LogP contribution is 2.40. The first-order chi connectivity index (χ1) is 15.0. The molecule has 0 saturated heterocycles. The summed E-state index contributed by atoms with van der Waals surface area (Å²) >= 11 is 0. The highest BCUT2D eigenvalue weighted by atomic mass is 16.6. The second-order valence-corrected chi connectivity index (χ2v) is 7.49. The third kappa shape index (κ3) is 4.82. The number of anilines is 1. The van der Waals surface area contributed by atoms with Crippen molar-refractivity contribution in [2.24, 2.45) is 0 Å². The van der Waals surface area contributed by atoms with Crippen molar-refractivity contribution < 1.29 is 28.5 Å². The molecule has 2 aliphatic rings. The van der Waals surface area contributed by atoms with Crippen LogP contribution in [0.4, 0.5) is 5.69 Å². The normalized spacial score (nSPS) is 15.3. The van der Waals surface area contributed by atoms with Crippen LogP contribution in [0.15, 0.2) is 36.4 Å². The molecule has 0 saturated carbocycles. The van der Waals surface area contributed by atoms with Crippen molar-refractivity contribution in [2.45, 2.75) is 32.3 Å². The van der Waals surface area contributed by atoms with Crippen LogP contribution >= 0.6 is 0 Å². The quantitative estimate of drug-likeness (QED) is 0.565. The van der Waals surface area contributed by atoms with Gasteiger partial charge in [0.25, 0.3) is 5.91 Å². The van der Waals surface area contributed by atoms with E-state index >= 15 is 0 Å². The predicted molar refractivity (Wildman–Crippen MR) is 116 cm³/mol. The Morgan fingerprint density at radius 3 is 2.74 bits per heavy atom. The molecule has 2 aromatic rings. The van der Waals surface area contributed by atoms with Crippen LogP contribution in [-0.2, 0) is 27.2 Å². The Hall–Kier alpha value is -3.48. The van der Waals surface area contributed by atoms with Gasteiger partial charge in [-0.1, -0.05) is 6.07 Å². The Bertz CT molecular complexity index is 1010. The molecule has 7 heteroatoms. The zero-order valence-electron chi connectivity index (χ0n) is 17.6. The van der Waals surface area contributed by atoms with Crippen LogP contribution in [-0.4, -0.2) is 38.3 Å². The first kappa shape index (κ1) is 20.8. The van der Waals surface area contributed by atoms with E-state index in [1.54, 1.807) is 25.1 Å². The summed E-state index contributed by atoms with van der Waals surface area (Å²) in [5.74, 6) is 0.629. The van der Waals surface area contributed by atoms with Gasteiger partial charge in [-0.2, -0.15) is 0 Å². The largest absolute Gasteiger partial charge is 0.493 e. The van der Waals surface area contributed by atoms with Crippen LogP contribution in [0.5, 0.6) is 17.2 Å². The van der Waals surface area contributed by atoms with Crippen molar-refractivity contribution in [1.82, 2.24) is 0 Å². The van der Waals surface area contributed by atoms with Gasteiger partial charge < -0.3 is 24.3 Å². The highest BCUT2D eigenvalue weighted by Gasteiger charge is 2.20. The monoisotopic (exact) mass is 423 g/mol. The number of hydrogen-bond acceptors (Lipinski definition) is 6. The lowest BCUT2D eigenvalue weighted by atomic mass is 10.1. The number of aryl methyl sites for hydroxylation is 2. The Balaban J connectivity index is 1.35. The zero-order valence-corrected chi connectivity index (χ0v) is 17.6. The maximum Gasteiger partial charge on any atom is 0.331 e. The second kappa shape index (κ2) is 9.12. The molecule has 0 bridgehead atoms. The second-order valence-electron chi connectivity index (χ2n) is 7.49. The van der Waals surface area contributed by atoms with E-state index in [0.717, 1.165) is 19.3 Å². The molecule has 1 aliphatic heterocycles. The topological polar surface area (TPSA) is 83.1 Å². The van der Waals surface area contributed by atoms with Crippen LogP contribution in [0.3, 0.4) is 0 Å². The summed E-state index contributed by atoms with van der Waals surface area (Å²) in [6.45, 7) is 2.44. The van der Waals surface area contributed by atoms with E-state index in [1.165, 1.54) is 24.3 Å². The van der Waals surface area contributed by atoms with Gasteiger partial charge in [-0.25, -0.2) is 4.79 Å². The number of benzene rings is 2. The van der Waals surface area contributed by atoms with E-state index in [4.69, 9.17) is 18.9 Å². The van der Waals surface area contributed by atoms with E-state index in [9.17, 15) is 9.59 Å². The molecule has 1 N–H and O–H groups in total. The van der Waals surface area contributed by atoms with E-state index in [2.05, 4.69) is 5.32 Å². The fourth-order valence-corrected chi connectivity index (χ4v) is 3.71. The third-order valence-corrected chi connectivity index (χ3v) is 5.29. The molecule has 4 rings (SSSR count). The Kier molecular flexibility index (Phi) is 6.11. The van der Waals surface area contributed by atoms with Gasteiger partial charge in [0.15, 0.2) is 17.6 Å². The smallest absolute Gasteiger partial charge is 0.331 e. The number of esters is 1. The minimum absolute atomic E-state index is 0.374. The molecule has 0 unspecified atom stereocenters. The molecular formula is C24H25NO6. The number of rotatable bonds is 6. The lowest BCUT2D eigenvalue weighted by Gasteiger charge is -2.20. The molecule has 162 valence electrons. The number of ether oxygens (including phenoxy) is 4.